The summed E-state index contributed by atoms with van der Waals surface area (Å²) in [6.07, 6.45) is 0. The second-order valence-corrected chi connectivity index (χ2v) is 6.90. The molecule has 5 nitrogen and oxygen atoms in total. The number of nitrogens with zero attached hydrogens (tertiary/aromatic N) is 1. The summed E-state index contributed by atoms with van der Waals surface area (Å²) >= 11 is 6.02. The van der Waals surface area contributed by atoms with Crippen molar-refractivity contribution in [1.29, 1.82) is 0 Å². The maximum absolute atomic E-state index is 12.4. The highest BCUT2D eigenvalue weighted by molar-refractivity contribution is 7.92. The van der Waals surface area contributed by atoms with Crippen molar-refractivity contribution < 1.29 is 13.2 Å². The highest BCUT2D eigenvalue weighted by Crippen LogP contribution is 2.28. The second kappa shape index (κ2) is 6.46. The molecule has 2 rings (SSSR count). The van der Waals surface area contributed by atoms with Crippen molar-refractivity contribution in [3.05, 3.63) is 47.5 Å². The number of rotatable bonds is 5. The molecular formula is C15H17ClN2O3S. The fraction of sp³-hybridized carbons (Fsp3) is 0.200. The van der Waals surface area contributed by atoms with Gasteiger partial charge in [-0.15, -0.1) is 0 Å². The fourth-order valence-electron chi connectivity index (χ4n) is 1.86. The van der Waals surface area contributed by atoms with Gasteiger partial charge in [0, 0.05) is 31.5 Å². The minimum atomic E-state index is -3.75. The van der Waals surface area contributed by atoms with Crippen molar-refractivity contribution in [2.75, 3.05) is 30.8 Å². The Morgan fingerprint density at radius 2 is 1.73 bits per heavy atom. The molecule has 0 heterocycles. The van der Waals surface area contributed by atoms with Crippen LogP contribution in [0.15, 0.2) is 47.4 Å². The Labute approximate surface area is 135 Å². The molecule has 22 heavy (non-hydrogen) atoms. The number of ether oxygens (including phenoxy) is 1. The van der Waals surface area contributed by atoms with Gasteiger partial charge in [-0.1, -0.05) is 11.6 Å². The molecule has 0 radical (unpaired) electrons. The Kier molecular flexibility index (Phi) is 4.83. The molecule has 0 unspecified atom stereocenters. The lowest BCUT2D eigenvalue weighted by Crippen LogP contribution is -2.14. The third-order valence-corrected chi connectivity index (χ3v) is 4.93. The second-order valence-electron chi connectivity index (χ2n) is 4.84. The van der Waals surface area contributed by atoms with Crippen molar-refractivity contribution in [2.45, 2.75) is 4.90 Å². The minimum absolute atomic E-state index is 0.00616. The maximum atomic E-state index is 12.4. The fourth-order valence-corrected chi connectivity index (χ4v) is 3.46. The molecule has 0 aliphatic heterocycles. The van der Waals surface area contributed by atoms with E-state index >= 15 is 0 Å². The number of anilines is 2. The summed E-state index contributed by atoms with van der Waals surface area (Å²) in [5.41, 5.74) is 1.45. The minimum Gasteiger partial charge on any atom is -0.497 e. The van der Waals surface area contributed by atoms with Crippen LogP contribution in [-0.2, 0) is 10.0 Å². The van der Waals surface area contributed by atoms with E-state index in [9.17, 15) is 8.42 Å². The van der Waals surface area contributed by atoms with Gasteiger partial charge in [-0.2, -0.15) is 0 Å². The van der Waals surface area contributed by atoms with E-state index in [1.54, 1.807) is 18.2 Å². The largest absolute Gasteiger partial charge is 0.497 e. The molecular weight excluding hydrogens is 324 g/mol. The summed E-state index contributed by atoms with van der Waals surface area (Å²) in [7, 11) is 1.56. The molecule has 0 saturated carbocycles. The van der Waals surface area contributed by atoms with Crippen LogP contribution in [0.3, 0.4) is 0 Å². The molecule has 0 aliphatic carbocycles. The molecule has 0 aromatic heterocycles. The molecule has 0 aliphatic rings. The number of sulfonamides is 1. The first-order valence-corrected chi connectivity index (χ1v) is 8.33. The van der Waals surface area contributed by atoms with Gasteiger partial charge < -0.3 is 9.64 Å². The number of hydrogen-bond donors (Lipinski definition) is 1. The van der Waals surface area contributed by atoms with E-state index in [0.29, 0.717) is 11.4 Å². The van der Waals surface area contributed by atoms with E-state index in [0.717, 1.165) is 5.69 Å². The monoisotopic (exact) mass is 340 g/mol. The normalized spacial score (nSPS) is 11.1. The van der Waals surface area contributed by atoms with Gasteiger partial charge in [0.05, 0.1) is 12.1 Å². The zero-order valence-corrected chi connectivity index (χ0v) is 14.1. The van der Waals surface area contributed by atoms with Crippen LogP contribution in [-0.4, -0.2) is 29.6 Å². The predicted octanol–water partition coefficient (Wildman–Crippen LogP) is 3.22. The molecule has 2 aromatic rings. The van der Waals surface area contributed by atoms with Crippen LogP contribution in [0.2, 0.25) is 5.02 Å². The highest BCUT2D eigenvalue weighted by Gasteiger charge is 2.18. The zero-order valence-electron chi connectivity index (χ0n) is 12.5. The van der Waals surface area contributed by atoms with Crippen LogP contribution >= 0.6 is 11.6 Å². The summed E-state index contributed by atoms with van der Waals surface area (Å²) < 4.78 is 32.3. The van der Waals surface area contributed by atoms with Crippen molar-refractivity contribution in [1.82, 2.24) is 0 Å². The van der Waals surface area contributed by atoms with Gasteiger partial charge in [0.15, 0.2) is 0 Å². The number of halogens is 1. The zero-order chi connectivity index (χ0) is 16.3. The Bertz CT molecular complexity index is 759. The molecule has 0 spiro atoms. The van der Waals surface area contributed by atoms with Gasteiger partial charge in [-0.3, -0.25) is 4.72 Å². The Hall–Kier alpha value is -1.92. The number of benzene rings is 2. The average molecular weight is 341 g/mol. The lowest BCUT2D eigenvalue weighted by atomic mass is 10.3. The topological polar surface area (TPSA) is 58.6 Å². The molecule has 7 heteroatoms. The Balaban J connectivity index is 2.27. The number of methoxy groups -OCH3 is 1. The molecule has 1 N–H and O–H groups in total. The van der Waals surface area contributed by atoms with Crippen LogP contribution in [0.1, 0.15) is 0 Å². The van der Waals surface area contributed by atoms with E-state index in [1.165, 1.54) is 19.2 Å². The van der Waals surface area contributed by atoms with Crippen LogP contribution in [0.4, 0.5) is 11.4 Å². The predicted molar refractivity (Wildman–Crippen MR) is 89.6 cm³/mol. The van der Waals surface area contributed by atoms with E-state index in [4.69, 9.17) is 16.3 Å². The molecule has 0 saturated heterocycles. The molecule has 0 bridgehead atoms. The molecule has 0 amide bonds. The number of hydrogen-bond acceptors (Lipinski definition) is 4. The molecule has 118 valence electrons. The van der Waals surface area contributed by atoms with Gasteiger partial charge in [0.1, 0.15) is 10.6 Å². The van der Waals surface area contributed by atoms with E-state index < -0.39 is 10.0 Å². The van der Waals surface area contributed by atoms with Crippen LogP contribution < -0.4 is 14.4 Å². The summed E-state index contributed by atoms with van der Waals surface area (Å²) in [6, 6.07) is 11.5. The highest BCUT2D eigenvalue weighted by atomic mass is 35.5. The lowest BCUT2D eigenvalue weighted by molar-refractivity contribution is 0.414. The third-order valence-electron chi connectivity index (χ3n) is 3.06. The van der Waals surface area contributed by atoms with Crippen LogP contribution in [0.5, 0.6) is 5.75 Å². The van der Waals surface area contributed by atoms with E-state index in [2.05, 4.69) is 4.72 Å². The van der Waals surface area contributed by atoms with Crippen LogP contribution in [0, 0.1) is 0 Å². The third kappa shape index (κ3) is 3.64. The smallest absolute Gasteiger partial charge is 0.263 e. The lowest BCUT2D eigenvalue weighted by Gasteiger charge is -2.14. The van der Waals surface area contributed by atoms with Crippen molar-refractivity contribution >= 4 is 33.0 Å². The molecule has 0 fully saturated rings. The molecule has 2 aromatic carbocycles. The van der Waals surface area contributed by atoms with E-state index in [1.807, 2.05) is 31.1 Å². The average Bonchev–Trinajstić information content (AvgIpc) is 2.46. The van der Waals surface area contributed by atoms with Gasteiger partial charge in [0.25, 0.3) is 10.0 Å². The summed E-state index contributed by atoms with van der Waals surface area (Å²) in [5.74, 6) is 0.499. The van der Waals surface area contributed by atoms with Crippen molar-refractivity contribution in [3.63, 3.8) is 0 Å². The maximum Gasteiger partial charge on any atom is 0.263 e. The molecule has 0 atom stereocenters. The van der Waals surface area contributed by atoms with Crippen molar-refractivity contribution in [2.24, 2.45) is 0 Å². The van der Waals surface area contributed by atoms with E-state index in [-0.39, 0.29) is 9.92 Å². The Morgan fingerprint density at radius 1 is 1.09 bits per heavy atom. The van der Waals surface area contributed by atoms with Crippen LogP contribution in [0.25, 0.3) is 0 Å². The number of nitrogens with one attached hydrogen (secondary N) is 1. The first-order chi connectivity index (χ1) is 10.3. The SMILES string of the molecule is COc1ccc(S(=O)(=O)Nc2ccc(N(C)C)cc2)c(Cl)c1. The summed E-state index contributed by atoms with van der Waals surface area (Å²) in [5, 5.41) is 0.108. The summed E-state index contributed by atoms with van der Waals surface area (Å²) in [6.45, 7) is 0. The Morgan fingerprint density at radius 3 is 2.23 bits per heavy atom. The van der Waals surface area contributed by atoms with Gasteiger partial charge in [0.2, 0.25) is 0 Å². The quantitative estimate of drug-likeness (QED) is 0.908. The standard InChI is InChI=1S/C15H17ClN2O3S/c1-18(2)12-6-4-11(5-7-12)17-22(19,20)15-9-8-13(21-3)10-14(15)16/h4-10,17H,1-3H3. The van der Waals surface area contributed by atoms with Crippen molar-refractivity contribution in [3.8, 4) is 5.75 Å². The summed E-state index contributed by atoms with van der Waals surface area (Å²) in [4.78, 5) is 1.94. The van der Waals surface area contributed by atoms with Gasteiger partial charge in [-0.05, 0) is 36.4 Å². The van der Waals surface area contributed by atoms with Gasteiger partial charge >= 0.3 is 0 Å². The van der Waals surface area contributed by atoms with Gasteiger partial charge in [-0.25, -0.2) is 8.42 Å². The first kappa shape index (κ1) is 16.5. The first-order valence-electron chi connectivity index (χ1n) is 6.47.